The predicted octanol–water partition coefficient (Wildman–Crippen LogP) is 2.32. The number of aromatic amines is 1. The molecule has 0 unspecified atom stereocenters. The van der Waals surface area contributed by atoms with Crippen molar-refractivity contribution in [2.24, 2.45) is 0 Å². The minimum Gasteiger partial charge on any atom is -0.390 e. The number of H-pyrrole nitrogens is 1. The van der Waals surface area contributed by atoms with Gasteiger partial charge in [-0.25, -0.2) is 0 Å². The molecule has 0 aliphatic rings. The average Bonchev–Trinajstić information content (AvgIpc) is 2.08. The summed E-state index contributed by atoms with van der Waals surface area (Å²) in [6.07, 6.45) is -4.83. The van der Waals surface area contributed by atoms with Crippen molar-refractivity contribution in [3.63, 3.8) is 0 Å². The molecule has 3 nitrogen and oxygen atoms in total. The van der Waals surface area contributed by atoms with E-state index in [4.69, 9.17) is 11.6 Å². The van der Waals surface area contributed by atoms with E-state index in [-0.39, 0.29) is 11.4 Å². The van der Waals surface area contributed by atoms with E-state index in [0.29, 0.717) is 5.56 Å². The molecule has 7 heteroatoms. The topological polar surface area (TPSA) is 42.1 Å². The molecule has 0 saturated carbocycles. The summed E-state index contributed by atoms with van der Waals surface area (Å²) in [6.45, 7) is 1.38. The lowest BCUT2D eigenvalue weighted by atomic mass is 10.2. The molecule has 1 heterocycles. The van der Waals surface area contributed by atoms with E-state index in [1.165, 1.54) is 6.92 Å². The third-order valence-electron chi connectivity index (χ3n) is 1.73. The minimum absolute atomic E-state index is 0.0516. The van der Waals surface area contributed by atoms with Crippen LogP contribution in [0.2, 0.25) is 0 Å². The normalized spacial score (nSPS) is 11.5. The Hall–Kier alpha value is -1.17. The van der Waals surface area contributed by atoms with Crippen LogP contribution in [0, 0.1) is 6.92 Å². The van der Waals surface area contributed by atoms with E-state index in [1.807, 2.05) is 4.98 Å². The van der Waals surface area contributed by atoms with Gasteiger partial charge in [0.25, 0.3) is 5.56 Å². The number of ether oxygens (including phenoxy) is 1. The fraction of sp³-hybridized carbons (Fsp3) is 0.375. The molecule has 0 radical (unpaired) electrons. The SMILES string of the molecule is Cc1c(CCl)cc(=O)[nH]c1OC(F)(F)F. The summed E-state index contributed by atoms with van der Waals surface area (Å²) in [5, 5.41) is 0. The van der Waals surface area contributed by atoms with E-state index in [2.05, 4.69) is 4.74 Å². The van der Waals surface area contributed by atoms with E-state index < -0.39 is 17.8 Å². The van der Waals surface area contributed by atoms with Gasteiger partial charge in [0.2, 0.25) is 5.88 Å². The van der Waals surface area contributed by atoms with Crippen LogP contribution in [0.3, 0.4) is 0 Å². The number of rotatable bonds is 2. The summed E-state index contributed by atoms with van der Waals surface area (Å²) in [7, 11) is 0. The zero-order valence-corrected chi connectivity index (χ0v) is 8.37. The molecular weight excluding hydrogens is 235 g/mol. The van der Waals surface area contributed by atoms with Gasteiger partial charge in [-0.2, -0.15) is 0 Å². The van der Waals surface area contributed by atoms with Crippen LogP contribution in [0.5, 0.6) is 5.88 Å². The largest absolute Gasteiger partial charge is 0.574 e. The molecule has 1 N–H and O–H groups in total. The van der Waals surface area contributed by atoms with Crippen molar-refractivity contribution >= 4 is 11.6 Å². The van der Waals surface area contributed by atoms with Crippen molar-refractivity contribution in [2.45, 2.75) is 19.2 Å². The number of hydrogen-bond acceptors (Lipinski definition) is 2. The van der Waals surface area contributed by atoms with Gasteiger partial charge in [-0.15, -0.1) is 24.8 Å². The fourth-order valence-corrected chi connectivity index (χ4v) is 1.29. The summed E-state index contributed by atoms with van der Waals surface area (Å²) < 4.78 is 39.4. The number of pyridine rings is 1. The molecule has 1 aromatic heterocycles. The number of halogens is 4. The maximum absolute atomic E-state index is 11.9. The van der Waals surface area contributed by atoms with Crippen LogP contribution in [0.15, 0.2) is 10.9 Å². The second-order valence-electron chi connectivity index (χ2n) is 2.79. The number of aromatic nitrogens is 1. The van der Waals surface area contributed by atoms with Crippen molar-refractivity contribution in [1.29, 1.82) is 0 Å². The predicted molar refractivity (Wildman–Crippen MR) is 48.0 cm³/mol. The third kappa shape index (κ3) is 3.16. The lowest BCUT2D eigenvalue weighted by molar-refractivity contribution is -0.276. The van der Waals surface area contributed by atoms with Crippen molar-refractivity contribution in [3.05, 3.63) is 27.5 Å². The van der Waals surface area contributed by atoms with Gasteiger partial charge in [-0.05, 0) is 12.5 Å². The Bertz CT molecular complexity index is 413. The maximum Gasteiger partial charge on any atom is 0.574 e. The van der Waals surface area contributed by atoms with Crippen LogP contribution in [0.4, 0.5) is 13.2 Å². The second kappa shape index (κ2) is 4.14. The smallest absolute Gasteiger partial charge is 0.390 e. The van der Waals surface area contributed by atoms with Gasteiger partial charge in [0, 0.05) is 17.5 Å². The highest BCUT2D eigenvalue weighted by atomic mass is 35.5. The number of hydrogen-bond donors (Lipinski definition) is 1. The quantitative estimate of drug-likeness (QED) is 0.808. The van der Waals surface area contributed by atoms with Gasteiger partial charge in [0.05, 0.1) is 0 Å². The molecule has 84 valence electrons. The Labute approximate surface area is 87.8 Å². The Morgan fingerprint density at radius 1 is 1.53 bits per heavy atom. The van der Waals surface area contributed by atoms with Crippen molar-refractivity contribution in [1.82, 2.24) is 4.98 Å². The van der Waals surface area contributed by atoms with Gasteiger partial charge >= 0.3 is 6.36 Å². The number of nitrogens with one attached hydrogen (secondary N) is 1. The molecule has 0 bridgehead atoms. The molecule has 1 aromatic rings. The molecular formula is C8H7ClF3NO2. The summed E-state index contributed by atoms with van der Waals surface area (Å²) in [4.78, 5) is 12.9. The molecule has 0 fully saturated rings. The Kier molecular flexibility index (Phi) is 3.28. The van der Waals surface area contributed by atoms with Gasteiger partial charge in [0.15, 0.2) is 0 Å². The van der Waals surface area contributed by atoms with E-state index in [0.717, 1.165) is 6.07 Å². The fourth-order valence-electron chi connectivity index (χ4n) is 1.01. The summed E-state index contributed by atoms with van der Waals surface area (Å²) in [5.74, 6) is -0.671. The molecule has 0 amide bonds. The van der Waals surface area contributed by atoms with Gasteiger partial charge < -0.3 is 4.74 Å². The zero-order chi connectivity index (χ0) is 11.6. The standard InChI is InChI=1S/C8H7ClF3NO2/c1-4-5(3-9)2-6(14)13-7(4)15-8(10,11)12/h2H,3H2,1H3,(H,13,14). The van der Waals surface area contributed by atoms with E-state index in [1.54, 1.807) is 0 Å². The second-order valence-corrected chi connectivity index (χ2v) is 3.06. The lowest BCUT2D eigenvalue weighted by Crippen LogP contribution is -2.21. The average molecular weight is 242 g/mol. The van der Waals surface area contributed by atoms with Gasteiger partial charge in [-0.3, -0.25) is 9.78 Å². The third-order valence-corrected chi connectivity index (χ3v) is 2.01. The van der Waals surface area contributed by atoms with E-state index >= 15 is 0 Å². The molecule has 0 saturated heterocycles. The molecule has 0 atom stereocenters. The Morgan fingerprint density at radius 3 is 2.60 bits per heavy atom. The lowest BCUT2D eigenvalue weighted by Gasteiger charge is -2.12. The molecule has 0 aliphatic carbocycles. The molecule has 0 spiro atoms. The first-order chi connectivity index (χ1) is 6.83. The van der Waals surface area contributed by atoms with Gasteiger partial charge in [0.1, 0.15) is 0 Å². The Balaban J connectivity index is 3.18. The summed E-state index contributed by atoms with van der Waals surface area (Å²) in [5.41, 5.74) is -0.211. The van der Waals surface area contributed by atoms with Crippen molar-refractivity contribution < 1.29 is 17.9 Å². The minimum atomic E-state index is -4.83. The van der Waals surface area contributed by atoms with Gasteiger partial charge in [-0.1, -0.05) is 0 Å². The van der Waals surface area contributed by atoms with Crippen LogP contribution >= 0.6 is 11.6 Å². The van der Waals surface area contributed by atoms with Crippen LogP contribution in [0.1, 0.15) is 11.1 Å². The van der Waals surface area contributed by atoms with Crippen molar-refractivity contribution in [2.75, 3.05) is 0 Å². The van der Waals surface area contributed by atoms with Crippen molar-refractivity contribution in [3.8, 4) is 5.88 Å². The number of alkyl halides is 4. The molecule has 0 aromatic carbocycles. The summed E-state index contributed by atoms with van der Waals surface area (Å²) in [6, 6.07) is 1.13. The van der Waals surface area contributed by atoms with Crippen LogP contribution in [-0.2, 0) is 5.88 Å². The van der Waals surface area contributed by atoms with Crippen LogP contribution < -0.4 is 10.3 Å². The van der Waals surface area contributed by atoms with E-state index in [9.17, 15) is 18.0 Å². The first-order valence-electron chi connectivity index (χ1n) is 3.88. The first kappa shape index (κ1) is 11.9. The monoisotopic (exact) mass is 241 g/mol. The van der Waals surface area contributed by atoms with Crippen LogP contribution in [-0.4, -0.2) is 11.3 Å². The zero-order valence-electron chi connectivity index (χ0n) is 7.61. The van der Waals surface area contributed by atoms with Crippen LogP contribution in [0.25, 0.3) is 0 Å². The summed E-state index contributed by atoms with van der Waals surface area (Å²) >= 11 is 5.46. The molecule has 15 heavy (non-hydrogen) atoms. The molecule has 1 rings (SSSR count). The highest BCUT2D eigenvalue weighted by Crippen LogP contribution is 2.25. The Morgan fingerprint density at radius 2 is 2.13 bits per heavy atom. The highest BCUT2D eigenvalue weighted by molar-refractivity contribution is 6.17. The maximum atomic E-state index is 11.9. The highest BCUT2D eigenvalue weighted by Gasteiger charge is 2.32. The molecule has 0 aliphatic heterocycles. The first-order valence-corrected chi connectivity index (χ1v) is 4.41.